The van der Waals surface area contributed by atoms with Gasteiger partial charge in [-0.3, -0.25) is 0 Å². The Morgan fingerprint density at radius 1 is 0.246 bits per heavy atom. The van der Waals surface area contributed by atoms with Crippen molar-refractivity contribution >= 4 is 65.6 Å². The molecule has 3 nitrogen and oxygen atoms in total. The molecule has 0 saturated heterocycles. The molecular formula is C54H34N2O. The zero-order valence-corrected chi connectivity index (χ0v) is 30.9. The van der Waals surface area contributed by atoms with Gasteiger partial charge < -0.3 is 13.6 Å². The molecule has 0 aliphatic heterocycles. The molecule has 9 aromatic carbocycles. The van der Waals surface area contributed by atoms with Crippen LogP contribution in [0.1, 0.15) is 0 Å². The van der Waals surface area contributed by atoms with E-state index in [1.807, 2.05) is 12.1 Å². The lowest BCUT2D eigenvalue weighted by Crippen LogP contribution is -1.94. The predicted molar refractivity (Wildman–Crippen MR) is 239 cm³/mol. The minimum Gasteiger partial charge on any atom is -0.456 e. The fourth-order valence-electron chi connectivity index (χ4n) is 9.03. The van der Waals surface area contributed by atoms with Crippen molar-refractivity contribution in [3.8, 4) is 44.8 Å². The SMILES string of the molecule is c1ccc(-c2cccc(-c3ccc(-n4c5ccccc5c5cc(-c6ccc7c(c6)c6ccccc6n7-c6ccc7c(c6)oc6ccccc67)ccc54)cc3)c2)cc1. The van der Waals surface area contributed by atoms with Gasteiger partial charge in [-0.15, -0.1) is 0 Å². The van der Waals surface area contributed by atoms with Crippen molar-refractivity contribution in [3.05, 3.63) is 206 Å². The minimum absolute atomic E-state index is 0.897. The second-order valence-electron chi connectivity index (χ2n) is 14.9. The van der Waals surface area contributed by atoms with Gasteiger partial charge in [0.1, 0.15) is 11.2 Å². The summed E-state index contributed by atoms with van der Waals surface area (Å²) in [5, 5.41) is 7.22. The maximum absolute atomic E-state index is 6.31. The van der Waals surface area contributed by atoms with Gasteiger partial charge in [-0.05, 0) is 106 Å². The third-order valence-electron chi connectivity index (χ3n) is 11.7. The van der Waals surface area contributed by atoms with E-state index in [1.54, 1.807) is 0 Å². The molecule has 57 heavy (non-hydrogen) atoms. The first kappa shape index (κ1) is 31.7. The lowest BCUT2D eigenvalue weighted by Gasteiger charge is -2.11. The van der Waals surface area contributed by atoms with Crippen molar-refractivity contribution in [2.45, 2.75) is 0 Å². The van der Waals surface area contributed by atoms with Crippen molar-refractivity contribution in [2.75, 3.05) is 0 Å². The molecule has 266 valence electrons. The highest BCUT2D eigenvalue weighted by Crippen LogP contribution is 2.40. The van der Waals surface area contributed by atoms with Gasteiger partial charge in [-0.25, -0.2) is 0 Å². The average molecular weight is 727 g/mol. The summed E-state index contributed by atoms with van der Waals surface area (Å²) in [6.45, 7) is 0. The fraction of sp³-hybridized carbons (Fsp3) is 0. The zero-order chi connectivity index (χ0) is 37.5. The van der Waals surface area contributed by atoms with E-state index in [0.29, 0.717) is 0 Å². The molecular weight excluding hydrogens is 693 g/mol. The number of hydrogen-bond acceptors (Lipinski definition) is 1. The highest BCUT2D eigenvalue weighted by molar-refractivity contribution is 6.13. The average Bonchev–Trinajstić information content (AvgIpc) is 3.93. The topological polar surface area (TPSA) is 23.0 Å². The molecule has 0 bridgehead atoms. The van der Waals surface area contributed by atoms with Gasteiger partial charge in [-0.2, -0.15) is 0 Å². The first-order valence-corrected chi connectivity index (χ1v) is 19.5. The van der Waals surface area contributed by atoms with E-state index in [4.69, 9.17) is 4.42 Å². The third-order valence-corrected chi connectivity index (χ3v) is 11.7. The predicted octanol–water partition coefficient (Wildman–Crippen LogP) is 14.8. The number of rotatable bonds is 5. The van der Waals surface area contributed by atoms with E-state index in [1.165, 1.54) is 77.0 Å². The number of furan rings is 1. The highest BCUT2D eigenvalue weighted by atomic mass is 16.3. The van der Waals surface area contributed by atoms with Gasteiger partial charge >= 0.3 is 0 Å². The highest BCUT2D eigenvalue weighted by Gasteiger charge is 2.17. The van der Waals surface area contributed by atoms with Gasteiger partial charge in [0.25, 0.3) is 0 Å². The Balaban J connectivity index is 0.949. The van der Waals surface area contributed by atoms with E-state index in [9.17, 15) is 0 Å². The Morgan fingerprint density at radius 2 is 0.702 bits per heavy atom. The van der Waals surface area contributed by atoms with Crippen LogP contribution in [0.25, 0.3) is 110 Å². The summed E-state index contributed by atoms with van der Waals surface area (Å²) in [7, 11) is 0. The second kappa shape index (κ2) is 12.5. The van der Waals surface area contributed by atoms with Crippen molar-refractivity contribution < 1.29 is 4.42 Å². The summed E-state index contributed by atoms with van der Waals surface area (Å²) in [5.74, 6) is 0. The van der Waals surface area contributed by atoms with Gasteiger partial charge in [0, 0.05) is 49.8 Å². The first-order chi connectivity index (χ1) is 28.2. The molecule has 12 aromatic rings. The number of benzene rings is 9. The molecule has 3 heterocycles. The molecule has 0 N–H and O–H groups in total. The molecule has 0 saturated carbocycles. The van der Waals surface area contributed by atoms with Crippen molar-refractivity contribution in [2.24, 2.45) is 0 Å². The van der Waals surface area contributed by atoms with Crippen LogP contribution in [0.2, 0.25) is 0 Å². The van der Waals surface area contributed by atoms with Crippen LogP contribution in [0.4, 0.5) is 0 Å². The summed E-state index contributed by atoms with van der Waals surface area (Å²) in [6.07, 6.45) is 0. The Kier molecular flexibility index (Phi) is 6.93. The van der Waals surface area contributed by atoms with E-state index in [2.05, 4.69) is 203 Å². The van der Waals surface area contributed by atoms with E-state index >= 15 is 0 Å². The van der Waals surface area contributed by atoms with Crippen LogP contribution in [-0.4, -0.2) is 9.13 Å². The van der Waals surface area contributed by atoms with Crippen LogP contribution in [0.5, 0.6) is 0 Å². The lowest BCUT2D eigenvalue weighted by molar-refractivity contribution is 0.668. The molecule has 0 spiro atoms. The molecule has 3 aromatic heterocycles. The molecule has 0 unspecified atom stereocenters. The fourth-order valence-corrected chi connectivity index (χ4v) is 9.03. The van der Waals surface area contributed by atoms with Crippen LogP contribution >= 0.6 is 0 Å². The number of nitrogens with zero attached hydrogens (tertiary/aromatic N) is 2. The number of fused-ring (bicyclic) bond motifs is 9. The standard InChI is InChI=1S/C54H34N2O/c1-2-11-35(12-3-1)37-13-10-14-38(31-37)36-21-25-41(26-22-36)55-49-18-7-4-15-43(49)47-32-39(23-29-51(47)55)40-24-30-52-48(33-40)44-16-5-8-19-50(44)56(52)42-27-28-46-45-17-6-9-20-53(45)57-54(46)34-42/h1-34H. The van der Waals surface area contributed by atoms with E-state index in [0.717, 1.165) is 33.3 Å². The summed E-state index contributed by atoms with van der Waals surface area (Å²) < 4.78 is 11.1. The number of para-hydroxylation sites is 3. The van der Waals surface area contributed by atoms with Gasteiger partial charge in [0.05, 0.1) is 22.1 Å². The Morgan fingerprint density at radius 3 is 1.37 bits per heavy atom. The molecule has 0 aliphatic rings. The summed E-state index contributed by atoms with van der Waals surface area (Å²) in [4.78, 5) is 0. The zero-order valence-electron chi connectivity index (χ0n) is 30.9. The monoisotopic (exact) mass is 726 g/mol. The Bertz CT molecular complexity index is 3510. The second-order valence-corrected chi connectivity index (χ2v) is 14.9. The summed E-state index contributed by atoms with van der Waals surface area (Å²) >= 11 is 0. The summed E-state index contributed by atoms with van der Waals surface area (Å²) in [6, 6.07) is 74.5. The largest absolute Gasteiger partial charge is 0.456 e. The minimum atomic E-state index is 0.897. The Hall–Kier alpha value is -7.62. The van der Waals surface area contributed by atoms with Crippen molar-refractivity contribution in [1.29, 1.82) is 0 Å². The third kappa shape index (κ3) is 4.99. The molecule has 0 radical (unpaired) electrons. The number of hydrogen-bond donors (Lipinski definition) is 0. The normalized spacial score (nSPS) is 11.9. The van der Waals surface area contributed by atoms with Gasteiger partial charge in [0.15, 0.2) is 0 Å². The maximum Gasteiger partial charge on any atom is 0.137 e. The van der Waals surface area contributed by atoms with Crippen LogP contribution in [0, 0.1) is 0 Å². The Labute approximate surface area is 328 Å². The van der Waals surface area contributed by atoms with Gasteiger partial charge in [-0.1, -0.05) is 127 Å². The van der Waals surface area contributed by atoms with Crippen LogP contribution < -0.4 is 0 Å². The van der Waals surface area contributed by atoms with Crippen LogP contribution in [0.3, 0.4) is 0 Å². The molecule has 0 fully saturated rings. The first-order valence-electron chi connectivity index (χ1n) is 19.5. The number of aromatic nitrogens is 2. The molecule has 0 atom stereocenters. The smallest absolute Gasteiger partial charge is 0.137 e. The van der Waals surface area contributed by atoms with Crippen molar-refractivity contribution in [3.63, 3.8) is 0 Å². The lowest BCUT2D eigenvalue weighted by atomic mass is 9.99. The molecule has 3 heteroatoms. The molecule has 0 aliphatic carbocycles. The maximum atomic E-state index is 6.31. The molecule has 0 amide bonds. The molecule has 12 rings (SSSR count). The van der Waals surface area contributed by atoms with Crippen LogP contribution in [0.15, 0.2) is 211 Å². The summed E-state index contributed by atoms with van der Waals surface area (Å²) in [5.41, 5.74) is 16.0. The van der Waals surface area contributed by atoms with Crippen molar-refractivity contribution in [1.82, 2.24) is 9.13 Å². The van der Waals surface area contributed by atoms with Gasteiger partial charge in [0.2, 0.25) is 0 Å². The van der Waals surface area contributed by atoms with E-state index < -0.39 is 0 Å². The quantitative estimate of drug-likeness (QED) is 0.173. The van der Waals surface area contributed by atoms with Crippen LogP contribution in [-0.2, 0) is 0 Å². The van der Waals surface area contributed by atoms with E-state index in [-0.39, 0.29) is 0 Å².